The van der Waals surface area contributed by atoms with Crippen molar-refractivity contribution in [2.45, 2.75) is 19.5 Å². The van der Waals surface area contributed by atoms with Crippen LogP contribution in [0.15, 0.2) is 35.7 Å². The summed E-state index contributed by atoms with van der Waals surface area (Å²) in [5.74, 6) is 0. The van der Waals surface area contributed by atoms with Crippen molar-refractivity contribution >= 4 is 22.7 Å². The first-order valence-electron chi connectivity index (χ1n) is 6.25. The lowest BCUT2D eigenvalue weighted by molar-refractivity contribution is -0.383. The molecular weight excluding hydrogens is 274 g/mol. The second-order valence-corrected chi connectivity index (χ2v) is 5.74. The first kappa shape index (κ1) is 14.5. The summed E-state index contributed by atoms with van der Waals surface area (Å²) in [5, 5.41) is 12.8. The predicted molar refractivity (Wildman–Crippen MR) is 81.7 cm³/mol. The Morgan fingerprint density at radius 1 is 1.45 bits per heavy atom. The normalized spacial score (nSPS) is 12.6. The molecule has 0 saturated heterocycles. The van der Waals surface area contributed by atoms with Gasteiger partial charge in [-0.1, -0.05) is 12.1 Å². The summed E-state index contributed by atoms with van der Waals surface area (Å²) in [4.78, 5) is 13.8. The van der Waals surface area contributed by atoms with Crippen LogP contribution in [0, 0.1) is 10.1 Å². The highest BCUT2D eigenvalue weighted by Gasteiger charge is 2.15. The van der Waals surface area contributed by atoms with Crippen molar-refractivity contribution in [1.82, 2.24) is 4.90 Å². The fraction of sp³-hybridized carbons (Fsp3) is 0.286. The number of nitro groups is 1. The number of benzene rings is 1. The second kappa shape index (κ2) is 6.02. The average molecular weight is 291 g/mol. The molecule has 0 aliphatic rings. The summed E-state index contributed by atoms with van der Waals surface area (Å²) in [6, 6.07) is 9.34. The van der Waals surface area contributed by atoms with E-state index >= 15 is 0 Å². The highest BCUT2D eigenvalue weighted by atomic mass is 32.1. The Morgan fingerprint density at radius 3 is 2.75 bits per heavy atom. The third-order valence-electron chi connectivity index (χ3n) is 3.34. The highest BCUT2D eigenvalue weighted by Crippen LogP contribution is 2.27. The summed E-state index contributed by atoms with van der Waals surface area (Å²) < 4.78 is 0. The minimum atomic E-state index is -0.461. The summed E-state index contributed by atoms with van der Waals surface area (Å²) in [5.41, 5.74) is 6.86. The molecule has 1 unspecified atom stereocenters. The molecule has 0 aliphatic carbocycles. The Hall–Kier alpha value is -1.92. The molecule has 6 heteroatoms. The fourth-order valence-electron chi connectivity index (χ4n) is 2.04. The van der Waals surface area contributed by atoms with E-state index in [4.69, 9.17) is 5.73 Å². The first-order valence-corrected chi connectivity index (χ1v) is 7.13. The molecule has 0 fully saturated rings. The number of hydrogen-bond donors (Lipinski definition) is 1. The molecule has 2 rings (SSSR count). The maximum absolute atomic E-state index is 10.7. The molecule has 1 aromatic heterocycles. The number of rotatable bonds is 5. The van der Waals surface area contributed by atoms with Gasteiger partial charge in [-0.05, 0) is 37.0 Å². The topological polar surface area (TPSA) is 72.4 Å². The molecule has 20 heavy (non-hydrogen) atoms. The minimum Gasteiger partial charge on any atom is -0.393 e. The van der Waals surface area contributed by atoms with Crippen molar-refractivity contribution in [3.63, 3.8) is 0 Å². The van der Waals surface area contributed by atoms with Crippen LogP contribution in [0.5, 0.6) is 0 Å². The Kier molecular flexibility index (Phi) is 4.36. The summed E-state index contributed by atoms with van der Waals surface area (Å²) in [6.07, 6.45) is 0. The minimum absolute atomic E-state index is 0.0392. The zero-order valence-electron chi connectivity index (χ0n) is 11.4. The largest absolute Gasteiger partial charge is 0.393 e. The van der Waals surface area contributed by atoms with Gasteiger partial charge in [0.1, 0.15) is 5.69 Å². The lowest BCUT2D eigenvalue weighted by atomic mass is 10.1. The Morgan fingerprint density at radius 2 is 2.20 bits per heavy atom. The van der Waals surface area contributed by atoms with Crippen LogP contribution in [-0.4, -0.2) is 16.9 Å². The molecule has 0 saturated carbocycles. The number of nitrogens with zero attached hydrogens (tertiary/aromatic N) is 2. The van der Waals surface area contributed by atoms with Crippen molar-refractivity contribution in [3.8, 4) is 0 Å². The number of nitrogen functional groups attached to an aromatic ring is 1. The monoisotopic (exact) mass is 291 g/mol. The quantitative estimate of drug-likeness (QED) is 0.520. The third kappa shape index (κ3) is 3.15. The van der Waals surface area contributed by atoms with Gasteiger partial charge in [0, 0.05) is 23.5 Å². The van der Waals surface area contributed by atoms with Gasteiger partial charge in [-0.25, -0.2) is 0 Å². The summed E-state index contributed by atoms with van der Waals surface area (Å²) in [7, 11) is 2.03. The molecule has 1 heterocycles. The van der Waals surface area contributed by atoms with Crippen LogP contribution in [0.2, 0.25) is 0 Å². The van der Waals surface area contributed by atoms with Crippen LogP contribution in [0.3, 0.4) is 0 Å². The van der Waals surface area contributed by atoms with E-state index in [0.29, 0.717) is 12.6 Å². The van der Waals surface area contributed by atoms with Crippen molar-refractivity contribution < 1.29 is 4.92 Å². The van der Waals surface area contributed by atoms with Crippen LogP contribution in [0.25, 0.3) is 0 Å². The number of thiophene rings is 1. The molecule has 0 aliphatic heterocycles. The third-order valence-corrected chi connectivity index (χ3v) is 4.38. The number of anilines is 1. The van der Waals surface area contributed by atoms with Crippen LogP contribution in [0.1, 0.15) is 23.4 Å². The molecule has 2 aromatic rings. The lowest BCUT2D eigenvalue weighted by Crippen LogP contribution is -2.21. The van der Waals surface area contributed by atoms with E-state index in [1.54, 1.807) is 23.5 Å². The summed E-state index contributed by atoms with van der Waals surface area (Å²) >= 11 is 1.72. The zero-order valence-corrected chi connectivity index (χ0v) is 12.3. The van der Waals surface area contributed by atoms with Gasteiger partial charge in [0.25, 0.3) is 5.69 Å². The Balaban J connectivity index is 2.10. The Labute approximate surface area is 121 Å². The van der Waals surface area contributed by atoms with E-state index in [2.05, 4.69) is 23.3 Å². The highest BCUT2D eigenvalue weighted by molar-refractivity contribution is 7.10. The standard InChI is InChI=1S/C14H17N3O2S/c1-10(14-4-3-7-20-14)16(2)9-11-5-6-13(17(18)19)12(15)8-11/h3-8,10H,9,15H2,1-2H3. The van der Waals surface area contributed by atoms with E-state index < -0.39 is 4.92 Å². The van der Waals surface area contributed by atoms with Gasteiger partial charge in [0.2, 0.25) is 0 Å². The van der Waals surface area contributed by atoms with Crippen LogP contribution >= 0.6 is 11.3 Å². The van der Waals surface area contributed by atoms with Crippen molar-refractivity contribution in [2.24, 2.45) is 0 Å². The van der Waals surface area contributed by atoms with Crippen molar-refractivity contribution in [1.29, 1.82) is 0 Å². The van der Waals surface area contributed by atoms with E-state index in [0.717, 1.165) is 5.56 Å². The Bertz CT molecular complexity index is 598. The van der Waals surface area contributed by atoms with Gasteiger partial charge < -0.3 is 5.73 Å². The smallest absolute Gasteiger partial charge is 0.292 e. The van der Waals surface area contributed by atoms with Crippen molar-refractivity contribution in [2.75, 3.05) is 12.8 Å². The zero-order chi connectivity index (χ0) is 14.7. The molecule has 0 spiro atoms. The van der Waals surface area contributed by atoms with Crippen molar-refractivity contribution in [3.05, 3.63) is 56.3 Å². The van der Waals surface area contributed by atoms with Gasteiger partial charge in [-0.15, -0.1) is 11.3 Å². The van der Waals surface area contributed by atoms with Gasteiger partial charge in [-0.2, -0.15) is 0 Å². The first-order chi connectivity index (χ1) is 9.49. The van der Waals surface area contributed by atoms with Gasteiger partial charge in [0.05, 0.1) is 4.92 Å². The number of nitrogens with two attached hydrogens (primary N) is 1. The summed E-state index contributed by atoms with van der Waals surface area (Å²) in [6.45, 7) is 2.84. The van der Waals surface area contributed by atoms with Gasteiger partial charge in [-0.3, -0.25) is 15.0 Å². The lowest BCUT2D eigenvalue weighted by Gasteiger charge is -2.23. The van der Waals surface area contributed by atoms with E-state index in [1.807, 2.05) is 13.1 Å². The number of hydrogen-bond acceptors (Lipinski definition) is 5. The SMILES string of the molecule is CC(c1cccs1)N(C)Cc1ccc([N+](=O)[O-])c(N)c1. The fourth-order valence-corrected chi connectivity index (χ4v) is 2.89. The molecule has 1 atom stereocenters. The second-order valence-electron chi connectivity index (χ2n) is 4.76. The molecule has 0 radical (unpaired) electrons. The number of nitro benzene ring substituents is 1. The van der Waals surface area contributed by atoms with Crippen LogP contribution in [-0.2, 0) is 6.54 Å². The van der Waals surface area contributed by atoms with Gasteiger partial charge in [0.15, 0.2) is 0 Å². The molecule has 2 N–H and O–H groups in total. The van der Waals surface area contributed by atoms with Crippen LogP contribution in [0.4, 0.5) is 11.4 Å². The maximum Gasteiger partial charge on any atom is 0.292 e. The maximum atomic E-state index is 10.7. The van der Waals surface area contributed by atoms with E-state index in [1.165, 1.54) is 10.9 Å². The molecule has 1 aromatic carbocycles. The molecule has 0 bridgehead atoms. The average Bonchev–Trinajstić information content (AvgIpc) is 2.91. The molecule has 0 amide bonds. The van der Waals surface area contributed by atoms with Gasteiger partial charge >= 0.3 is 0 Å². The predicted octanol–water partition coefficient (Wildman–Crippen LogP) is 3.43. The molecular formula is C14H17N3O2S. The van der Waals surface area contributed by atoms with Crippen LogP contribution < -0.4 is 5.73 Å². The van der Waals surface area contributed by atoms with E-state index in [9.17, 15) is 10.1 Å². The molecule has 5 nitrogen and oxygen atoms in total. The van der Waals surface area contributed by atoms with E-state index in [-0.39, 0.29) is 11.4 Å². The molecule has 106 valence electrons.